The Bertz CT molecular complexity index is 431. The molecular formula is C9H9N3O2. The third-order valence-corrected chi connectivity index (χ3v) is 1.83. The lowest BCUT2D eigenvalue weighted by molar-refractivity contribution is -0.141. The molecule has 1 aromatic carbocycles. The number of esters is 1. The maximum absolute atomic E-state index is 10.9. The second kappa shape index (κ2) is 3.45. The van der Waals surface area contributed by atoms with Gasteiger partial charge in [-0.3, -0.25) is 0 Å². The number of fused-ring (bicyclic) bond motifs is 1. The molecule has 0 N–H and O–H groups in total. The molecule has 1 heterocycles. The van der Waals surface area contributed by atoms with Crippen LogP contribution in [0.3, 0.4) is 0 Å². The molecule has 0 spiro atoms. The van der Waals surface area contributed by atoms with Gasteiger partial charge in [0, 0.05) is 0 Å². The minimum Gasteiger partial charge on any atom is -0.468 e. The standard InChI is InChI=1S/C9H9N3O2/c1-14-9(13)6-12-10-7-4-2-3-5-8(7)11-12/h2-5H,6H2,1H3. The third-order valence-electron chi connectivity index (χ3n) is 1.83. The average molecular weight is 191 g/mol. The van der Waals surface area contributed by atoms with E-state index >= 15 is 0 Å². The fourth-order valence-electron chi connectivity index (χ4n) is 1.16. The van der Waals surface area contributed by atoms with E-state index in [0.717, 1.165) is 11.0 Å². The molecule has 5 heteroatoms. The summed E-state index contributed by atoms with van der Waals surface area (Å²) in [6.45, 7) is 0.0468. The molecule has 2 aromatic rings. The molecule has 0 aliphatic carbocycles. The predicted molar refractivity (Wildman–Crippen MR) is 49.5 cm³/mol. The van der Waals surface area contributed by atoms with Crippen molar-refractivity contribution in [1.29, 1.82) is 0 Å². The van der Waals surface area contributed by atoms with E-state index in [4.69, 9.17) is 0 Å². The van der Waals surface area contributed by atoms with Crippen LogP contribution in [-0.2, 0) is 16.1 Å². The fourth-order valence-corrected chi connectivity index (χ4v) is 1.16. The normalized spacial score (nSPS) is 10.4. The van der Waals surface area contributed by atoms with Gasteiger partial charge in [-0.2, -0.15) is 15.0 Å². The second-order valence-corrected chi connectivity index (χ2v) is 2.80. The van der Waals surface area contributed by atoms with E-state index in [2.05, 4.69) is 14.9 Å². The van der Waals surface area contributed by atoms with Crippen LogP contribution >= 0.6 is 0 Å². The number of methoxy groups -OCH3 is 1. The molecule has 0 amide bonds. The number of carbonyl (C=O) groups excluding carboxylic acids is 1. The first kappa shape index (κ1) is 8.68. The first-order valence-corrected chi connectivity index (χ1v) is 4.16. The smallest absolute Gasteiger partial charge is 0.329 e. The second-order valence-electron chi connectivity index (χ2n) is 2.80. The Morgan fingerprint density at radius 1 is 1.36 bits per heavy atom. The van der Waals surface area contributed by atoms with Crippen molar-refractivity contribution in [3.8, 4) is 0 Å². The molecule has 0 bridgehead atoms. The van der Waals surface area contributed by atoms with Gasteiger partial charge in [0.15, 0.2) is 6.54 Å². The zero-order valence-corrected chi connectivity index (χ0v) is 7.67. The maximum Gasteiger partial charge on any atom is 0.329 e. The Balaban J connectivity index is 2.31. The molecule has 0 unspecified atom stereocenters. The van der Waals surface area contributed by atoms with Crippen molar-refractivity contribution in [2.24, 2.45) is 0 Å². The minimum absolute atomic E-state index is 0.0468. The van der Waals surface area contributed by atoms with E-state index < -0.39 is 0 Å². The molecule has 0 radical (unpaired) electrons. The Morgan fingerprint density at radius 2 is 1.93 bits per heavy atom. The quantitative estimate of drug-likeness (QED) is 0.652. The van der Waals surface area contributed by atoms with Crippen LogP contribution in [0.15, 0.2) is 24.3 Å². The Kier molecular flexibility index (Phi) is 2.14. The van der Waals surface area contributed by atoms with Crippen molar-refractivity contribution >= 4 is 17.0 Å². The third kappa shape index (κ3) is 1.56. The van der Waals surface area contributed by atoms with Crippen molar-refractivity contribution in [2.45, 2.75) is 6.54 Å². The number of rotatable bonds is 2. The summed E-state index contributed by atoms with van der Waals surface area (Å²) in [5.74, 6) is -0.356. The average Bonchev–Trinajstić information content (AvgIpc) is 2.59. The highest BCUT2D eigenvalue weighted by Crippen LogP contribution is 2.06. The SMILES string of the molecule is COC(=O)Cn1nc2ccccc2n1. The number of carbonyl (C=O) groups is 1. The van der Waals surface area contributed by atoms with Gasteiger partial charge >= 0.3 is 5.97 Å². The summed E-state index contributed by atoms with van der Waals surface area (Å²) >= 11 is 0. The van der Waals surface area contributed by atoms with Crippen LogP contribution in [0.2, 0.25) is 0 Å². The van der Waals surface area contributed by atoms with Crippen LogP contribution < -0.4 is 0 Å². The van der Waals surface area contributed by atoms with Gasteiger partial charge in [0.2, 0.25) is 0 Å². The molecule has 0 aliphatic rings. The number of hydrogen-bond acceptors (Lipinski definition) is 4. The van der Waals surface area contributed by atoms with Crippen LogP contribution in [0.5, 0.6) is 0 Å². The van der Waals surface area contributed by atoms with Gasteiger partial charge in [-0.1, -0.05) is 12.1 Å². The summed E-state index contributed by atoms with van der Waals surface area (Å²) < 4.78 is 4.51. The van der Waals surface area contributed by atoms with Crippen LogP contribution in [0.4, 0.5) is 0 Å². The first-order chi connectivity index (χ1) is 6.79. The monoisotopic (exact) mass is 191 g/mol. The van der Waals surface area contributed by atoms with Crippen molar-refractivity contribution in [2.75, 3.05) is 7.11 Å². The Labute approximate surface area is 80.3 Å². The van der Waals surface area contributed by atoms with Crippen LogP contribution in [-0.4, -0.2) is 28.1 Å². The van der Waals surface area contributed by atoms with Crippen molar-refractivity contribution in [3.05, 3.63) is 24.3 Å². The predicted octanol–water partition coefficient (Wildman–Crippen LogP) is 0.604. The van der Waals surface area contributed by atoms with Gasteiger partial charge in [0.05, 0.1) is 7.11 Å². The molecule has 2 rings (SSSR count). The fraction of sp³-hybridized carbons (Fsp3) is 0.222. The summed E-state index contributed by atoms with van der Waals surface area (Å²) in [5, 5.41) is 8.21. The van der Waals surface area contributed by atoms with Crippen molar-refractivity contribution in [3.63, 3.8) is 0 Å². The van der Waals surface area contributed by atoms with E-state index in [9.17, 15) is 4.79 Å². The Morgan fingerprint density at radius 3 is 2.43 bits per heavy atom. The summed E-state index contributed by atoms with van der Waals surface area (Å²) in [6.07, 6.45) is 0. The van der Waals surface area contributed by atoms with E-state index in [-0.39, 0.29) is 12.5 Å². The van der Waals surface area contributed by atoms with Crippen molar-refractivity contribution < 1.29 is 9.53 Å². The van der Waals surface area contributed by atoms with Crippen LogP contribution in [0, 0.1) is 0 Å². The highest BCUT2D eigenvalue weighted by molar-refractivity contribution is 5.74. The topological polar surface area (TPSA) is 57.0 Å². The zero-order valence-electron chi connectivity index (χ0n) is 7.67. The minimum atomic E-state index is -0.356. The molecule has 1 aromatic heterocycles. The molecule has 0 saturated heterocycles. The lowest BCUT2D eigenvalue weighted by atomic mass is 10.3. The number of hydrogen-bond donors (Lipinski definition) is 0. The van der Waals surface area contributed by atoms with Gasteiger partial charge in [-0.25, -0.2) is 4.79 Å². The highest BCUT2D eigenvalue weighted by atomic mass is 16.5. The van der Waals surface area contributed by atoms with E-state index in [1.165, 1.54) is 11.9 Å². The number of ether oxygens (including phenoxy) is 1. The zero-order chi connectivity index (χ0) is 9.97. The van der Waals surface area contributed by atoms with Crippen LogP contribution in [0.25, 0.3) is 11.0 Å². The van der Waals surface area contributed by atoms with E-state index in [1.807, 2.05) is 24.3 Å². The van der Waals surface area contributed by atoms with Crippen LogP contribution in [0.1, 0.15) is 0 Å². The molecule has 5 nitrogen and oxygen atoms in total. The molecular weight excluding hydrogens is 182 g/mol. The summed E-state index contributed by atoms with van der Waals surface area (Å²) in [7, 11) is 1.34. The van der Waals surface area contributed by atoms with Gasteiger partial charge in [-0.15, -0.1) is 0 Å². The first-order valence-electron chi connectivity index (χ1n) is 4.16. The Hall–Kier alpha value is -1.91. The number of nitrogens with zero attached hydrogens (tertiary/aromatic N) is 3. The lowest BCUT2D eigenvalue weighted by Gasteiger charge is -1.95. The van der Waals surface area contributed by atoms with Gasteiger partial charge in [0.1, 0.15) is 11.0 Å². The maximum atomic E-state index is 10.9. The summed E-state index contributed by atoms with van der Waals surface area (Å²) in [6, 6.07) is 7.44. The lowest BCUT2D eigenvalue weighted by Crippen LogP contribution is -2.13. The molecule has 0 fully saturated rings. The summed E-state index contributed by atoms with van der Waals surface area (Å²) in [4.78, 5) is 12.3. The molecule has 0 saturated carbocycles. The van der Waals surface area contributed by atoms with Gasteiger partial charge < -0.3 is 4.74 Å². The van der Waals surface area contributed by atoms with E-state index in [1.54, 1.807) is 0 Å². The van der Waals surface area contributed by atoms with Crippen molar-refractivity contribution in [1.82, 2.24) is 15.0 Å². The summed E-state index contributed by atoms with van der Waals surface area (Å²) in [5.41, 5.74) is 1.55. The number of benzene rings is 1. The number of aromatic nitrogens is 3. The van der Waals surface area contributed by atoms with E-state index in [0.29, 0.717) is 0 Å². The molecule has 14 heavy (non-hydrogen) atoms. The van der Waals surface area contributed by atoms with Gasteiger partial charge in [0.25, 0.3) is 0 Å². The molecule has 72 valence electrons. The molecule has 0 aliphatic heterocycles. The highest BCUT2D eigenvalue weighted by Gasteiger charge is 2.05. The molecule has 0 atom stereocenters. The van der Waals surface area contributed by atoms with Gasteiger partial charge in [-0.05, 0) is 12.1 Å². The largest absolute Gasteiger partial charge is 0.468 e.